The van der Waals surface area contributed by atoms with Crippen LogP contribution < -0.4 is 4.74 Å². The van der Waals surface area contributed by atoms with Crippen molar-refractivity contribution >= 4 is 11.8 Å². The van der Waals surface area contributed by atoms with Crippen LogP contribution in [0.3, 0.4) is 0 Å². The number of carboxylic acid groups (broad SMARTS) is 1. The molecule has 0 radical (unpaired) electrons. The third-order valence-electron chi connectivity index (χ3n) is 2.65. The highest BCUT2D eigenvalue weighted by Crippen LogP contribution is 2.17. The molecule has 1 aromatic rings. The summed E-state index contributed by atoms with van der Waals surface area (Å²) in [6.07, 6.45) is 0.222. The molecule has 0 amide bonds. The minimum Gasteiger partial charge on any atom is -0.493 e. The molecule has 0 aliphatic carbocycles. The van der Waals surface area contributed by atoms with Crippen molar-refractivity contribution in [2.75, 3.05) is 6.61 Å². The number of ether oxygens (including phenoxy) is 1. The molecule has 0 atom stereocenters. The molecule has 0 unspecified atom stereocenters. The quantitative estimate of drug-likeness (QED) is 0.589. The molecule has 1 rings (SSSR count). The van der Waals surface area contributed by atoms with Crippen molar-refractivity contribution in [3.8, 4) is 5.75 Å². The molecule has 1 aromatic carbocycles. The van der Waals surface area contributed by atoms with E-state index in [9.17, 15) is 14.7 Å². The second-order valence-corrected chi connectivity index (χ2v) is 4.92. The molecular weight excluding hydrogens is 260 g/mol. The largest absolute Gasteiger partial charge is 0.493 e. The molecule has 0 bridgehead atoms. The van der Waals surface area contributed by atoms with Gasteiger partial charge in [0, 0.05) is 17.6 Å². The summed E-state index contributed by atoms with van der Waals surface area (Å²) in [5.74, 6) is -0.890. The first-order valence-corrected chi connectivity index (χ1v) is 6.13. The van der Waals surface area contributed by atoms with Gasteiger partial charge in [0.25, 0.3) is 0 Å². The Labute approximate surface area is 117 Å². The highest BCUT2D eigenvalue weighted by molar-refractivity contribution is 6.01. The summed E-state index contributed by atoms with van der Waals surface area (Å²) in [7, 11) is 0. The summed E-state index contributed by atoms with van der Waals surface area (Å²) in [5.41, 5.74) is -0.944. The Morgan fingerprint density at radius 3 is 2.25 bits per heavy atom. The molecule has 0 spiro atoms. The van der Waals surface area contributed by atoms with E-state index in [1.54, 1.807) is 24.3 Å². The van der Waals surface area contributed by atoms with Crippen molar-refractivity contribution in [3.63, 3.8) is 0 Å². The lowest BCUT2D eigenvalue weighted by molar-refractivity contribution is -0.132. The maximum absolute atomic E-state index is 11.8. The molecular formula is C15H18O5. The number of Topliss-reactive ketones (excluding diaryl/α,β-unsaturated/α-hetero) is 1. The average molecular weight is 278 g/mol. The number of ketones is 1. The second kappa shape index (κ2) is 6.34. The van der Waals surface area contributed by atoms with Gasteiger partial charge in [0.15, 0.2) is 5.78 Å². The van der Waals surface area contributed by atoms with Gasteiger partial charge in [0.1, 0.15) is 11.4 Å². The summed E-state index contributed by atoms with van der Waals surface area (Å²) in [4.78, 5) is 22.3. The van der Waals surface area contributed by atoms with E-state index in [1.807, 2.05) is 0 Å². The SMILES string of the molecule is C=C(CCOc1ccc(C(=O)C(C)(C)O)cc1)C(=O)O. The number of carbonyl (C=O) groups is 2. The third kappa shape index (κ3) is 4.51. The highest BCUT2D eigenvalue weighted by Gasteiger charge is 2.24. The first-order valence-electron chi connectivity index (χ1n) is 6.13. The van der Waals surface area contributed by atoms with E-state index in [0.29, 0.717) is 11.3 Å². The predicted molar refractivity (Wildman–Crippen MR) is 74.0 cm³/mol. The zero-order valence-electron chi connectivity index (χ0n) is 11.5. The molecule has 2 N–H and O–H groups in total. The van der Waals surface area contributed by atoms with Gasteiger partial charge in [-0.2, -0.15) is 0 Å². The minimum atomic E-state index is -1.42. The number of benzene rings is 1. The van der Waals surface area contributed by atoms with Gasteiger partial charge in [-0.3, -0.25) is 4.79 Å². The first kappa shape index (κ1) is 15.9. The number of hydrogen-bond donors (Lipinski definition) is 2. The van der Waals surface area contributed by atoms with Crippen LogP contribution in [-0.4, -0.2) is 34.2 Å². The standard InChI is InChI=1S/C15H18O5/c1-10(14(17)18)8-9-20-12-6-4-11(5-7-12)13(16)15(2,3)19/h4-7,19H,1,8-9H2,2-3H3,(H,17,18). The van der Waals surface area contributed by atoms with Crippen molar-refractivity contribution in [3.05, 3.63) is 42.0 Å². The van der Waals surface area contributed by atoms with Crippen LogP contribution in [0.2, 0.25) is 0 Å². The topological polar surface area (TPSA) is 83.8 Å². The van der Waals surface area contributed by atoms with Crippen molar-refractivity contribution in [2.24, 2.45) is 0 Å². The van der Waals surface area contributed by atoms with Crippen LogP contribution in [0.5, 0.6) is 5.75 Å². The second-order valence-electron chi connectivity index (χ2n) is 4.92. The van der Waals surface area contributed by atoms with Gasteiger partial charge in [-0.1, -0.05) is 6.58 Å². The number of hydrogen-bond acceptors (Lipinski definition) is 4. The number of carbonyl (C=O) groups excluding carboxylic acids is 1. The van der Waals surface area contributed by atoms with E-state index in [0.717, 1.165) is 0 Å². The molecule has 20 heavy (non-hydrogen) atoms. The molecule has 0 aliphatic heterocycles. The summed E-state index contributed by atoms with van der Waals surface area (Å²) < 4.78 is 5.35. The Hall–Kier alpha value is -2.14. The van der Waals surface area contributed by atoms with E-state index in [1.165, 1.54) is 13.8 Å². The average Bonchev–Trinajstić information content (AvgIpc) is 2.37. The van der Waals surface area contributed by atoms with E-state index in [-0.39, 0.29) is 24.4 Å². The molecule has 0 aromatic heterocycles. The van der Waals surface area contributed by atoms with Crippen molar-refractivity contribution in [1.29, 1.82) is 0 Å². The van der Waals surface area contributed by atoms with Gasteiger partial charge in [0.2, 0.25) is 0 Å². The van der Waals surface area contributed by atoms with Gasteiger partial charge in [0.05, 0.1) is 6.61 Å². The molecule has 0 fully saturated rings. The van der Waals surface area contributed by atoms with Crippen LogP contribution in [0.1, 0.15) is 30.6 Å². The highest BCUT2D eigenvalue weighted by atomic mass is 16.5. The van der Waals surface area contributed by atoms with Crippen LogP contribution in [0, 0.1) is 0 Å². The monoisotopic (exact) mass is 278 g/mol. The van der Waals surface area contributed by atoms with Crippen molar-refractivity contribution in [2.45, 2.75) is 25.9 Å². The number of aliphatic carboxylic acids is 1. The van der Waals surface area contributed by atoms with Crippen LogP contribution in [0.15, 0.2) is 36.4 Å². The molecule has 0 heterocycles. The van der Waals surface area contributed by atoms with Gasteiger partial charge >= 0.3 is 5.97 Å². The van der Waals surface area contributed by atoms with Gasteiger partial charge in [-0.25, -0.2) is 4.79 Å². The maximum atomic E-state index is 11.8. The fourth-order valence-corrected chi connectivity index (χ4v) is 1.45. The van der Waals surface area contributed by atoms with Crippen LogP contribution in [-0.2, 0) is 4.79 Å². The zero-order chi connectivity index (χ0) is 15.3. The fourth-order valence-electron chi connectivity index (χ4n) is 1.45. The predicted octanol–water partition coefficient (Wildman–Crippen LogP) is 2.05. The van der Waals surface area contributed by atoms with Crippen molar-refractivity contribution < 1.29 is 24.5 Å². The minimum absolute atomic E-state index is 0.0822. The summed E-state index contributed by atoms with van der Waals surface area (Å²) >= 11 is 0. The zero-order valence-corrected chi connectivity index (χ0v) is 11.5. The molecule has 108 valence electrons. The number of aliphatic hydroxyl groups is 1. The Morgan fingerprint density at radius 1 is 1.25 bits per heavy atom. The lowest BCUT2D eigenvalue weighted by Gasteiger charge is -2.15. The lowest BCUT2D eigenvalue weighted by Crippen LogP contribution is -2.30. The Bertz CT molecular complexity index is 508. The Kier molecular flexibility index (Phi) is 5.05. The lowest BCUT2D eigenvalue weighted by atomic mass is 9.97. The van der Waals surface area contributed by atoms with Crippen LogP contribution in [0.4, 0.5) is 0 Å². The van der Waals surface area contributed by atoms with Crippen LogP contribution >= 0.6 is 0 Å². The molecule has 0 saturated carbocycles. The van der Waals surface area contributed by atoms with E-state index >= 15 is 0 Å². The number of rotatable bonds is 7. The fraction of sp³-hybridized carbons (Fsp3) is 0.333. The first-order chi connectivity index (χ1) is 9.21. The van der Waals surface area contributed by atoms with E-state index in [2.05, 4.69) is 6.58 Å². The van der Waals surface area contributed by atoms with Gasteiger partial charge in [-0.15, -0.1) is 0 Å². The molecule has 5 heteroatoms. The summed E-state index contributed by atoms with van der Waals surface area (Å²) in [5, 5.41) is 18.3. The summed E-state index contributed by atoms with van der Waals surface area (Å²) in [6.45, 7) is 6.45. The van der Waals surface area contributed by atoms with Gasteiger partial charge in [-0.05, 0) is 38.1 Å². The number of carboxylic acids is 1. The van der Waals surface area contributed by atoms with Crippen molar-refractivity contribution in [1.82, 2.24) is 0 Å². The van der Waals surface area contributed by atoms with E-state index in [4.69, 9.17) is 9.84 Å². The van der Waals surface area contributed by atoms with Crippen LogP contribution in [0.25, 0.3) is 0 Å². The van der Waals surface area contributed by atoms with E-state index < -0.39 is 11.6 Å². The third-order valence-corrected chi connectivity index (χ3v) is 2.65. The Balaban J connectivity index is 2.58. The smallest absolute Gasteiger partial charge is 0.331 e. The Morgan fingerprint density at radius 2 is 1.80 bits per heavy atom. The van der Waals surface area contributed by atoms with Gasteiger partial charge < -0.3 is 14.9 Å². The molecule has 0 saturated heterocycles. The molecule has 5 nitrogen and oxygen atoms in total. The molecule has 0 aliphatic rings. The normalized spacial score (nSPS) is 10.9. The maximum Gasteiger partial charge on any atom is 0.331 e. The summed E-state index contributed by atoms with van der Waals surface area (Å²) in [6, 6.07) is 6.31.